The summed E-state index contributed by atoms with van der Waals surface area (Å²) < 4.78 is 0. The summed E-state index contributed by atoms with van der Waals surface area (Å²) in [5.74, 6) is -0.368. The monoisotopic (exact) mass is 313 g/mol. The molecule has 0 spiro atoms. The zero-order chi connectivity index (χ0) is 15.1. The molecule has 1 aromatic carbocycles. The smallest absolute Gasteiger partial charge is 0.269 e. The van der Waals surface area contributed by atoms with E-state index in [4.69, 9.17) is 5.73 Å². The first kappa shape index (κ1) is 19.1. The van der Waals surface area contributed by atoms with Gasteiger partial charge in [0, 0.05) is 37.7 Å². The van der Waals surface area contributed by atoms with E-state index < -0.39 is 4.92 Å². The maximum Gasteiger partial charge on any atom is 0.269 e. The molecule has 0 saturated carbocycles. The van der Waals surface area contributed by atoms with Gasteiger partial charge in [-0.25, -0.2) is 0 Å². The van der Waals surface area contributed by atoms with E-state index in [-0.39, 0.29) is 36.5 Å². The number of nitro benzene ring substituents is 1. The van der Waals surface area contributed by atoms with Gasteiger partial charge in [0.2, 0.25) is 5.91 Å². The number of nitrogens with zero attached hydrogens (tertiary/aromatic N) is 2. The lowest BCUT2D eigenvalue weighted by atomic mass is 10.1. The van der Waals surface area contributed by atoms with Gasteiger partial charge in [-0.3, -0.25) is 14.9 Å². The van der Waals surface area contributed by atoms with Crippen LogP contribution in [0.15, 0.2) is 36.9 Å². The molecule has 1 unspecified atom stereocenters. The van der Waals surface area contributed by atoms with Crippen molar-refractivity contribution in [2.45, 2.75) is 13.5 Å². The third-order valence-electron chi connectivity index (χ3n) is 2.93. The Kier molecular flexibility index (Phi) is 8.26. The predicted molar refractivity (Wildman–Crippen MR) is 84.2 cm³/mol. The number of amides is 1. The fourth-order valence-corrected chi connectivity index (χ4v) is 1.79. The summed E-state index contributed by atoms with van der Waals surface area (Å²) in [5.41, 5.74) is 6.22. The van der Waals surface area contributed by atoms with Crippen molar-refractivity contribution >= 4 is 24.0 Å². The van der Waals surface area contributed by atoms with Crippen LogP contribution in [-0.2, 0) is 11.3 Å². The number of non-ortho nitro benzene ring substituents is 1. The zero-order valence-electron chi connectivity index (χ0n) is 11.9. The van der Waals surface area contributed by atoms with Crippen LogP contribution in [0.3, 0.4) is 0 Å². The molecule has 1 atom stereocenters. The molecule has 0 heterocycles. The van der Waals surface area contributed by atoms with Gasteiger partial charge in [0.15, 0.2) is 0 Å². The number of carbonyl (C=O) groups excluding carboxylic acids is 1. The lowest BCUT2D eigenvalue weighted by Crippen LogP contribution is -2.37. The third kappa shape index (κ3) is 5.53. The van der Waals surface area contributed by atoms with Gasteiger partial charge in [-0.2, -0.15) is 0 Å². The predicted octanol–water partition coefficient (Wildman–Crippen LogP) is 2.13. The van der Waals surface area contributed by atoms with Gasteiger partial charge >= 0.3 is 0 Å². The molecule has 0 aliphatic rings. The molecule has 0 fully saturated rings. The molecule has 1 amide bonds. The topological polar surface area (TPSA) is 89.5 Å². The molecule has 1 aromatic rings. The van der Waals surface area contributed by atoms with Crippen LogP contribution < -0.4 is 5.73 Å². The SMILES string of the molecule is C=CCN(Cc1cccc([N+](=O)[O-])c1)C(=O)C(C)CN.Cl. The van der Waals surface area contributed by atoms with Crippen molar-refractivity contribution in [3.05, 3.63) is 52.6 Å². The van der Waals surface area contributed by atoms with Crippen LogP contribution in [0, 0.1) is 16.0 Å². The maximum atomic E-state index is 12.2. The third-order valence-corrected chi connectivity index (χ3v) is 2.93. The number of benzene rings is 1. The summed E-state index contributed by atoms with van der Waals surface area (Å²) in [5, 5.41) is 10.7. The minimum atomic E-state index is -0.453. The van der Waals surface area contributed by atoms with Crippen LogP contribution in [0.1, 0.15) is 12.5 Å². The van der Waals surface area contributed by atoms with Crippen molar-refractivity contribution in [2.24, 2.45) is 11.7 Å². The fourth-order valence-electron chi connectivity index (χ4n) is 1.79. The average Bonchev–Trinajstić information content (AvgIpc) is 2.45. The van der Waals surface area contributed by atoms with Crippen LogP contribution >= 0.6 is 12.4 Å². The van der Waals surface area contributed by atoms with Crippen LogP contribution in [-0.4, -0.2) is 28.8 Å². The second-order valence-electron chi connectivity index (χ2n) is 4.57. The Morgan fingerprint density at radius 1 is 1.57 bits per heavy atom. The van der Waals surface area contributed by atoms with Crippen LogP contribution in [0.25, 0.3) is 0 Å². The van der Waals surface area contributed by atoms with Crippen molar-refractivity contribution in [3.63, 3.8) is 0 Å². The Morgan fingerprint density at radius 3 is 2.76 bits per heavy atom. The molecule has 0 aromatic heterocycles. The number of nitro groups is 1. The van der Waals surface area contributed by atoms with Gasteiger partial charge in [-0.1, -0.05) is 25.1 Å². The Balaban J connectivity index is 0.00000400. The molecule has 1 rings (SSSR count). The molecular weight excluding hydrogens is 294 g/mol. The highest BCUT2D eigenvalue weighted by Crippen LogP contribution is 2.15. The summed E-state index contributed by atoms with van der Waals surface area (Å²) in [6.45, 7) is 6.33. The molecule has 0 bridgehead atoms. The number of hydrogen-bond donors (Lipinski definition) is 1. The molecule has 0 saturated heterocycles. The summed E-state index contributed by atoms with van der Waals surface area (Å²) in [6.07, 6.45) is 1.62. The number of carbonyl (C=O) groups is 1. The first-order chi connectivity index (χ1) is 9.49. The van der Waals surface area contributed by atoms with E-state index in [0.29, 0.717) is 18.7 Å². The molecule has 21 heavy (non-hydrogen) atoms. The van der Waals surface area contributed by atoms with Crippen molar-refractivity contribution in [1.29, 1.82) is 0 Å². The highest BCUT2D eigenvalue weighted by Gasteiger charge is 2.19. The van der Waals surface area contributed by atoms with Crippen molar-refractivity contribution in [3.8, 4) is 0 Å². The van der Waals surface area contributed by atoms with Gasteiger partial charge in [-0.15, -0.1) is 19.0 Å². The lowest BCUT2D eigenvalue weighted by molar-refractivity contribution is -0.384. The van der Waals surface area contributed by atoms with Crippen LogP contribution in [0.5, 0.6) is 0 Å². The molecule has 0 aliphatic heterocycles. The van der Waals surface area contributed by atoms with Crippen LogP contribution in [0.4, 0.5) is 5.69 Å². The van der Waals surface area contributed by atoms with Gasteiger partial charge < -0.3 is 10.6 Å². The number of rotatable bonds is 7. The molecule has 6 nitrogen and oxygen atoms in total. The summed E-state index contributed by atoms with van der Waals surface area (Å²) in [6, 6.07) is 6.25. The summed E-state index contributed by atoms with van der Waals surface area (Å²) >= 11 is 0. The van der Waals surface area contributed by atoms with E-state index in [9.17, 15) is 14.9 Å². The Hall–Kier alpha value is -1.92. The Morgan fingerprint density at radius 2 is 2.24 bits per heavy atom. The largest absolute Gasteiger partial charge is 0.334 e. The summed E-state index contributed by atoms with van der Waals surface area (Å²) in [7, 11) is 0. The first-order valence-corrected chi connectivity index (χ1v) is 6.32. The average molecular weight is 314 g/mol. The first-order valence-electron chi connectivity index (χ1n) is 6.32. The number of nitrogens with two attached hydrogens (primary N) is 1. The second kappa shape index (κ2) is 9.10. The molecule has 0 aliphatic carbocycles. The standard InChI is InChI=1S/C14H19N3O3.ClH/c1-3-7-16(14(18)11(2)9-15)10-12-5-4-6-13(8-12)17(19)20;/h3-6,8,11H,1,7,9-10,15H2,2H3;1H. The van der Waals surface area contributed by atoms with Gasteiger partial charge in [0.05, 0.1) is 4.92 Å². The molecule has 0 radical (unpaired) electrons. The zero-order valence-corrected chi connectivity index (χ0v) is 12.7. The Bertz CT molecular complexity index is 508. The summed E-state index contributed by atoms with van der Waals surface area (Å²) in [4.78, 5) is 24.0. The van der Waals surface area contributed by atoms with E-state index in [0.717, 1.165) is 0 Å². The molecule has 2 N–H and O–H groups in total. The minimum absolute atomic E-state index is 0. The normalized spacial score (nSPS) is 11.1. The van der Waals surface area contributed by atoms with E-state index in [2.05, 4.69) is 6.58 Å². The highest BCUT2D eigenvalue weighted by atomic mass is 35.5. The Labute approximate surface area is 130 Å². The fraction of sp³-hybridized carbons (Fsp3) is 0.357. The van der Waals surface area contributed by atoms with E-state index in [1.165, 1.54) is 12.1 Å². The molecular formula is C14H20ClN3O3. The maximum absolute atomic E-state index is 12.2. The molecule has 7 heteroatoms. The van der Waals surface area contributed by atoms with Crippen molar-refractivity contribution in [2.75, 3.05) is 13.1 Å². The van der Waals surface area contributed by atoms with Crippen LogP contribution in [0.2, 0.25) is 0 Å². The molecule has 116 valence electrons. The van der Waals surface area contributed by atoms with Gasteiger partial charge in [-0.05, 0) is 5.56 Å². The quantitative estimate of drug-likeness (QED) is 0.474. The second-order valence-corrected chi connectivity index (χ2v) is 4.57. The highest BCUT2D eigenvalue weighted by molar-refractivity contribution is 5.85. The van der Waals surface area contributed by atoms with Crippen molar-refractivity contribution in [1.82, 2.24) is 4.90 Å². The van der Waals surface area contributed by atoms with E-state index in [1.54, 1.807) is 30.0 Å². The van der Waals surface area contributed by atoms with Gasteiger partial charge in [0.1, 0.15) is 0 Å². The van der Waals surface area contributed by atoms with Crippen molar-refractivity contribution < 1.29 is 9.72 Å². The van der Waals surface area contributed by atoms with E-state index in [1.807, 2.05) is 0 Å². The number of hydrogen-bond acceptors (Lipinski definition) is 4. The van der Waals surface area contributed by atoms with E-state index >= 15 is 0 Å². The lowest BCUT2D eigenvalue weighted by Gasteiger charge is -2.24. The van der Waals surface area contributed by atoms with Gasteiger partial charge in [0.25, 0.3) is 5.69 Å². The number of halogens is 1. The minimum Gasteiger partial charge on any atom is -0.334 e.